The van der Waals surface area contributed by atoms with Gasteiger partial charge in [0.2, 0.25) is 0 Å². The van der Waals surface area contributed by atoms with Gasteiger partial charge in [0, 0.05) is 11.9 Å². The largest absolute Gasteiger partial charge is 0.396 e. The molecule has 0 saturated heterocycles. The number of halogens is 2. The topological polar surface area (TPSA) is 50.9 Å². The van der Waals surface area contributed by atoms with Crippen LogP contribution in [0.1, 0.15) is 5.56 Å². The number of rotatable bonds is 2. The van der Waals surface area contributed by atoms with E-state index in [9.17, 15) is 4.39 Å². The molecule has 0 fully saturated rings. The number of aryl methyl sites for hydroxylation is 1. The Labute approximate surface area is 107 Å². The van der Waals surface area contributed by atoms with Gasteiger partial charge in [-0.1, -0.05) is 0 Å². The normalized spacial score (nSPS) is 10.3. The van der Waals surface area contributed by atoms with Crippen LogP contribution >= 0.6 is 15.9 Å². The van der Waals surface area contributed by atoms with Crippen LogP contribution in [0, 0.1) is 12.7 Å². The van der Waals surface area contributed by atoms with E-state index in [1.165, 1.54) is 6.07 Å². The zero-order valence-electron chi connectivity index (χ0n) is 9.17. The Morgan fingerprint density at radius 3 is 2.88 bits per heavy atom. The Bertz CT molecular complexity index is 557. The number of hydrogen-bond donors (Lipinski definition) is 2. The molecule has 1 aromatic heterocycles. The van der Waals surface area contributed by atoms with Crippen molar-refractivity contribution in [3.8, 4) is 0 Å². The molecule has 0 amide bonds. The Balaban J connectivity index is 2.37. The SMILES string of the molecule is Cc1cc(F)c(Br)cc1Nc1ncccc1N. The predicted octanol–water partition coefficient (Wildman–Crippen LogP) is 3.62. The summed E-state index contributed by atoms with van der Waals surface area (Å²) in [7, 11) is 0. The highest BCUT2D eigenvalue weighted by molar-refractivity contribution is 9.10. The van der Waals surface area contributed by atoms with Crippen LogP contribution in [0.5, 0.6) is 0 Å². The van der Waals surface area contributed by atoms with E-state index < -0.39 is 0 Å². The summed E-state index contributed by atoms with van der Waals surface area (Å²) >= 11 is 3.15. The van der Waals surface area contributed by atoms with Gasteiger partial charge in [0.1, 0.15) is 5.82 Å². The van der Waals surface area contributed by atoms with Gasteiger partial charge >= 0.3 is 0 Å². The Kier molecular flexibility index (Phi) is 3.28. The van der Waals surface area contributed by atoms with E-state index in [1.807, 2.05) is 6.92 Å². The molecule has 2 aromatic rings. The third-order valence-corrected chi connectivity index (χ3v) is 2.97. The lowest BCUT2D eigenvalue weighted by atomic mass is 10.2. The fraction of sp³-hybridized carbons (Fsp3) is 0.0833. The Morgan fingerprint density at radius 2 is 2.18 bits per heavy atom. The molecule has 2 rings (SSSR count). The number of nitrogens with two attached hydrogens (primary N) is 1. The molecule has 1 aromatic carbocycles. The molecular formula is C12H11BrFN3. The van der Waals surface area contributed by atoms with Gasteiger partial charge in [0.05, 0.1) is 10.2 Å². The summed E-state index contributed by atoms with van der Waals surface area (Å²) in [5, 5.41) is 3.08. The number of hydrogen-bond acceptors (Lipinski definition) is 3. The smallest absolute Gasteiger partial charge is 0.153 e. The molecule has 88 valence electrons. The zero-order valence-corrected chi connectivity index (χ0v) is 10.8. The highest BCUT2D eigenvalue weighted by atomic mass is 79.9. The van der Waals surface area contributed by atoms with Crippen LogP contribution in [0.25, 0.3) is 0 Å². The van der Waals surface area contributed by atoms with Gasteiger partial charge in [-0.2, -0.15) is 0 Å². The maximum Gasteiger partial charge on any atom is 0.153 e. The number of nitrogens with one attached hydrogen (secondary N) is 1. The molecule has 0 aliphatic carbocycles. The van der Waals surface area contributed by atoms with Crippen molar-refractivity contribution in [2.75, 3.05) is 11.1 Å². The molecule has 0 aliphatic rings. The minimum Gasteiger partial charge on any atom is -0.396 e. The predicted molar refractivity (Wildman–Crippen MR) is 70.8 cm³/mol. The van der Waals surface area contributed by atoms with Gasteiger partial charge in [-0.05, 0) is 52.7 Å². The molecule has 0 radical (unpaired) electrons. The first kappa shape index (κ1) is 11.9. The van der Waals surface area contributed by atoms with Crippen molar-refractivity contribution < 1.29 is 4.39 Å². The van der Waals surface area contributed by atoms with Crippen LogP contribution in [-0.4, -0.2) is 4.98 Å². The quantitative estimate of drug-likeness (QED) is 0.890. The summed E-state index contributed by atoms with van der Waals surface area (Å²) in [6, 6.07) is 6.63. The minimum absolute atomic E-state index is 0.290. The lowest BCUT2D eigenvalue weighted by Gasteiger charge is -2.11. The minimum atomic E-state index is -0.290. The molecule has 1 heterocycles. The lowest BCUT2D eigenvalue weighted by Crippen LogP contribution is -2.00. The van der Waals surface area contributed by atoms with Crippen molar-refractivity contribution >= 4 is 33.1 Å². The van der Waals surface area contributed by atoms with Crippen molar-refractivity contribution in [3.63, 3.8) is 0 Å². The van der Waals surface area contributed by atoms with Crippen molar-refractivity contribution in [2.45, 2.75) is 6.92 Å². The molecule has 0 aliphatic heterocycles. The number of pyridine rings is 1. The van der Waals surface area contributed by atoms with Crippen LogP contribution in [0.3, 0.4) is 0 Å². The van der Waals surface area contributed by atoms with E-state index in [-0.39, 0.29) is 5.82 Å². The first-order valence-electron chi connectivity index (χ1n) is 5.01. The fourth-order valence-corrected chi connectivity index (χ4v) is 1.77. The van der Waals surface area contributed by atoms with E-state index in [0.29, 0.717) is 16.0 Å². The molecule has 3 N–H and O–H groups in total. The second kappa shape index (κ2) is 4.71. The van der Waals surface area contributed by atoms with Gasteiger partial charge in [-0.3, -0.25) is 0 Å². The Hall–Kier alpha value is -1.62. The van der Waals surface area contributed by atoms with E-state index in [1.54, 1.807) is 24.4 Å². The van der Waals surface area contributed by atoms with Crippen LogP contribution in [0.4, 0.5) is 21.6 Å². The molecule has 0 atom stereocenters. The number of nitrogens with zero attached hydrogens (tertiary/aromatic N) is 1. The Morgan fingerprint density at radius 1 is 1.41 bits per heavy atom. The van der Waals surface area contributed by atoms with E-state index in [2.05, 4.69) is 26.2 Å². The lowest BCUT2D eigenvalue weighted by molar-refractivity contribution is 0.620. The third-order valence-electron chi connectivity index (χ3n) is 2.36. The fourth-order valence-electron chi connectivity index (χ4n) is 1.43. The first-order chi connectivity index (χ1) is 8.08. The van der Waals surface area contributed by atoms with Crippen LogP contribution < -0.4 is 11.1 Å². The molecule has 0 unspecified atom stereocenters. The van der Waals surface area contributed by atoms with E-state index in [4.69, 9.17) is 5.73 Å². The van der Waals surface area contributed by atoms with Crippen molar-refractivity contribution in [3.05, 3.63) is 46.3 Å². The molecule has 5 heteroatoms. The molecule has 3 nitrogen and oxygen atoms in total. The number of nitrogen functional groups attached to an aromatic ring is 1. The molecule has 0 bridgehead atoms. The summed E-state index contributed by atoms with van der Waals surface area (Å²) in [6.45, 7) is 1.82. The number of benzene rings is 1. The second-order valence-electron chi connectivity index (χ2n) is 3.65. The second-order valence-corrected chi connectivity index (χ2v) is 4.50. The van der Waals surface area contributed by atoms with E-state index in [0.717, 1.165) is 11.3 Å². The maximum atomic E-state index is 13.3. The molecule has 17 heavy (non-hydrogen) atoms. The van der Waals surface area contributed by atoms with Crippen LogP contribution in [-0.2, 0) is 0 Å². The highest BCUT2D eigenvalue weighted by Crippen LogP contribution is 2.27. The molecule has 0 spiro atoms. The maximum absolute atomic E-state index is 13.3. The van der Waals surface area contributed by atoms with Crippen LogP contribution in [0.2, 0.25) is 0 Å². The summed E-state index contributed by atoms with van der Waals surface area (Å²) in [4.78, 5) is 4.12. The van der Waals surface area contributed by atoms with Crippen molar-refractivity contribution in [1.82, 2.24) is 4.98 Å². The van der Waals surface area contributed by atoms with E-state index >= 15 is 0 Å². The summed E-state index contributed by atoms with van der Waals surface area (Å²) < 4.78 is 13.7. The van der Waals surface area contributed by atoms with Crippen molar-refractivity contribution in [2.24, 2.45) is 0 Å². The monoisotopic (exact) mass is 295 g/mol. The third kappa shape index (κ3) is 2.55. The van der Waals surface area contributed by atoms with Gasteiger partial charge in [-0.15, -0.1) is 0 Å². The first-order valence-corrected chi connectivity index (χ1v) is 5.80. The molecular weight excluding hydrogens is 285 g/mol. The highest BCUT2D eigenvalue weighted by Gasteiger charge is 2.07. The molecule has 0 saturated carbocycles. The van der Waals surface area contributed by atoms with Gasteiger partial charge < -0.3 is 11.1 Å². The summed E-state index contributed by atoms with van der Waals surface area (Å²) in [6.07, 6.45) is 1.65. The zero-order chi connectivity index (χ0) is 12.4. The van der Waals surface area contributed by atoms with Crippen LogP contribution in [0.15, 0.2) is 34.9 Å². The van der Waals surface area contributed by atoms with Crippen molar-refractivity contribution in [1.29, 1.82) is 0 Å². The standard InChI is InChI=1S/C12H11BrFN3/c1-7-5-9(14)8(13)6-11(7)17-12-10(15)3-2-4-16-12/h2-6H,15H2,1H3,(H,16,17). The average Bonchev–Trinajstić information content (AvgIpc) is 2.29. The van der Waals surface area contributed by atoms with Gasteiger partial charge in [0.25, 0.3) is 0 Å². The number of anilines is 3. The summed E-state index contributed by atoms with van der Waals surface area (Å²) in [5.74, 6) is 0.274. The average molecular weight is 296 g/mol. The summed E-state index contributed by atoms with van der Waals surface area (Å²) in [5.41, 5.74) is 7.88. The number of aromatic nitrogens is 1. The van der Waals surface area contributed by atoms with Gasteiger partial charge in [-0.25, -0.2) is 9.37 Å². The van der Waals surface area contributed by atoms with Gasteiger partial charge in [0.15, 0.2) is 5.82 Å².